The van der Waals surface area contributed by atoms with Crippen molar-refractivity contribution < 1.29 is 4.52 Å². The third kappa shape index (κ3) is 3.47. The lowest BCUT2D eigenvalue weighted by Gasteiger charge is -2.20. The smallest absolute Gasteiger partial charge is 0.137 e. The molecule has 0 aliphatic heterocycles. The van der Waals surface area contributed by atoms with Crippen molar-refractivity contribution >= 4 is 0 Å². The molecule has 124 valence electrons. The molecule has 2 aromatic heterocycles. The summed E-state index contributed by atoms with van der Waals surface area (Å²) in [5, 5.41) is 7.69. The van der Waals surface area contributed by atoms with Crippen molar-refractivity contribution in [2.45, 2.75) is 65.8 Å². The topological polar surface area (TPSA) is 51.0 Å². The molecule has 0 fully saturated rings. The number of fused-ring (bicyclic) bond motifs is 1. The van der Waals surface area contributed by atoms with Crippen LogP contribution >= 0.6 is 0 Å². The van der Waals surface area contributed by atoms with Crippen molar-refractivity contribution in [3.63, 3.8) is 0 Å². The molecule has 3 rings (SSSR count). The van der Waals surface area contributed by atoms with Gasteiger partial charge in [0.2, 0.25) is 0 Å². The van der Waals surface area contributed by atoms with Gasteiger partial charge >= 0.3 is 0 Å². The van der Waals surface area contributed by atoms with Crippen molar-refractivity contribution in [3.8, 4) is 0 Å². The maximum atomic E-state index is 5.29. The maximum Gasteiger partial charge on any atom is 0.137 e. The van der Waals surface area contributed by atoms with E-state index in [1.165, 1.54) is 41.6 Å². The Labute approximate surface area is 138 Å². The first kappa shape index (κ1) is 16.2. The number of hydrogen-bond donors (Lipinski definition) is 1. The number of aryl methyl sites for hydroxylation is 4. The number of hydrogen-bond acceptors (Lipinski definition) is 4. The zero-order chi connectivity index (χ0) is 16.4. The van der Waals surface area contributed by atoms with Crippen LogP contribution in [-0.4, -0.2) is 16.7 Å². The van der Waals surface area contributed by atoms with Crippen LogP contribution in [0.3, 0.4) is 0 Å². The maximum absolute atomic E-state index is 5.29. The Bertz CT molecular complexity index is 671. The number of pyridine rings is 1. The standard InChI is InChI=1S/C19H27N3O/c1-12(19-14(3)22-23-15(19)4)10-20-11-16-9-13(2)21-18-8-6-5-7-17(16)18/h9,12,20H,5-8,10-11H2,1-4H3/t12-/m0/s1. The molecule has 2 aromatic rings. The third-order valence-corrected chi connectivity index (χ3v) is 4.87. The molecule has 4 nitrogen and oxygen atoms in total. The summed E-state index contributed by atoms with van der Waals surface area (Å²) >= 11 is 0. The highest BCUT2D eigenvalue weighted by atomic mass is 16.5. The number of nitrogens with zero attached hydrogens (tertiary/aromatic N) is 2. The minimum Gasteiger partial charge on any atom is -0.361 e. The summed E-state index contributed by atoms with van der Waals surface area (Å²) in [6.45, 7) is 10.2. The summed E-state index contributed by atoms with van der Waals surface area (Å²) in [6.07, 6.45) is 4.89. The largest absolute Gasteiger partial charge is 0.361 e. The molecule has 0 amide bonds. The van der Waals surface area contributed by atoms with E-state index in [-0.39, 0.29) is 0 Å². The molecule has 0 bridgehead atoms. The van der Waals surface area contributed by atoms with E-state index >= 15 is 0 Å². The molecule has 0 saturated carbocycles. The summed E-state index contributed by atoms with van der Waals surface area (Å²) in [5.74, 6) is 1.34. The van der Waals surface area contributed by atoms with Gasteiger partial charge < -0.3 is 9.84 Å². The van der Waals surface area contributed by atoms with Gasteiger partial charge in [-0.05, 0) is 69.6 Å². The second-order valence-electron chi connectivity index (χ2n) is 6.82. The van der Waals surface area contributed by atoms with Gasteiger partial charge in [-0.2, -0.15) is 0 Å². The first-order chi connectivity index (χ1) is 11.1. The molecule has 1 atom stereocenters. The Kier molecular flexibility index (Phi) is 4.81. The fourth-order valence-corrected chi connectivity index (χ4v) is 3.82. The van der Waals surface area contributed by atoms with E-state index in [1.807, 2.05) is 13.8 Å². The monoisotopic (exact) mass is 313 g/mol. The average Bonchev–Trinajstić information content (AvgIpc) is 2.86. The Morgan fingerprint density at radius 3 is 2.74 bits per heavy atom. The van der Waals surface area contributed by atoms with E-state index in [0.717, 1.165) is 36.7 Å². The van der Waals surface area contributed by atoms with Gasteiger partial charge in [-0.25, -0.2) is 0 Å². The van der Waals surface area contributed by atoms with E-state index < -0.39 is 0 Å². The Balaban J connectivity index is 1.66. The van der Waals surface area contributed by atoms with Crippen LogP contribution in [0.5, 0.6) is 0 Å². The Morgan fingerprint density at radius 2 is 2.00 bits per heavy atom. The molecule has 1 aliphatic rings. The van der Waals surface area contributed by atoms with Gasteiger partial charge in [-0.1, -0.05) is 12.1 Å². The van der Waals surface area contributed by atoms with Crippen LogP contribution in [-0.2, 0) is 19.4 Å². The fraction of sp³-hybridized carbons (Fsp3) is 0.579. The third-order valence-electron chi connectivity index (χ3n) is 4.87. The van der Waals surface area contributed by atoms with Gasteiger partial charge in [-0.15, -0.1) is 0 Å². The van der Waals surface area contributed by atoms with Gasteiger partial charge in [0, 0.05) is 30.0 Å². The highest BCUT2D eigenvalue weighted by Gasteiger charge is 2.18. The van der Waals surface area contributed by atoms with Gasteiger partial charge in [0.1, 0.15) is 5.76 Å². The van der Waals surface area contributed by atoms with Crippen molar-refractivity contribution in [1.29, 1.82) is 0 Å². The quantitative estimate of drug-likeness (QED) is 0.913. The van der Waals surface area contributed by atoms with Crippen LogP contribution in [0.25, 0.3) is 0 Å². The summed E-state index contributed by atoms with van der Waals surface area (Å²) < 4.78 is 5.29. The van der Waals surface area contributed by atoms with Crippen LogP contribution in [0.15, 0.2) is 10.6 Å². The summed E-state index contributed by atoms with van der Waals surface area (Å²) in [6, 6.07) is 2.25. The predicted molar refractivity (Wildman–Crippen MR) is 91.7 cm³/mol. The van der Waals surface area contributed by atoms with Gasteiger partial charge in [-0.3, -0.25) is 4.98 Å². The minimum absolute atomic E-state index is 0.403. The molecule has 1 aliphatic carbocycles. The molecule has 1 N–H and O–H groups in total. The molecule has 0 saturated heterocycles. The lowest BCUT2D eigenvalue weighted by Crippen LogP contribution is -2.22. The normalized spacial score (nSPS) is 15.5. The molecule has 0 unspecified atom stereocenters. The van der Waals surface area contributed by atoms with Crippen LogP contribution in [0.4, 0.5) is 0 Å². The molecule has 23 heavy (non-hydrogen) atoms. The molecular formula is C19H27N3O. The van der Waals surface area contributed by atoms with E-state index in [4.69, 9.17) is 9.51 Å². The molecular weight excluding hydrogens is 286 g/mol. The van der Waals surface area contributed by atoms with Crippen LogP contribution in [0.1, 0.15) is 65.2 Å². The number of rotatable bonds is 5. The molecule has 0 aromatic carbocycles. The minimum atomic E-state index is 0.403. The van der Waals surface area contributed by atoms with Crippen molar-refractivity contribution in [1.82, 2.24) is 15.5 Å². The first-order valence-electron chi connectivity index (χ1n) is 8.68. The van der Waals surface area contributed by atoms with Crippen molar-refractivity contribution in [2.75, 3.05) is 6.54 Å². The fourth-order valence-electron chi connectivity index (χ4n) is 3.82. The van der Waals surface area contributed by atoms with Crippen LogP contribution < -0.4 is 5.32 Å². The van der Waals surface area contributed by atoms with Gasteiger partial charge in [0.15, 0.2) is 0 Å². The van der Waals surface area contributed by atoms with E-state index in [1.54, 1.807) is 0 Å². The zero-order valence-electron chi connectivity index (χ0n) is 14.7. The lowest BCUT2D eigenvalue weighted by molar-refractivity contribution is 0.391. The van der Waals surface area contributed by atoms with Gasteiger partial charge in [0.25, 0.3) is 0 Å². The summed E-state index contributed by atoms with van der Waals surface area (Å²) in [5.41, 5.74) is 7.63. The van der Waals surface area contributed by atoms with Crippen molar-refractivity contribution in [3.05, 3.63) is 45.6 Å². The highest BCUT2D eigenvalue weighted by Crippen LogP contribution is 2.25. The average molecular weight is 313 g/mol. The molecule has 2 heterocycles. The molecule has 0 radical (unpaired) electrons. The van der Waals surface area contributed by atoms with Crippen LogP contribution in [0.2, 0.25) is 0 Å². The van der Waals surface area contributed by atoms with Gasteiger partial charge in [0.05, 0.1) is 5.69 Å². The lowest BCUT2D eigenvalue weighted by atomic mass is 9.91. The first-order valence-corrected chi connectivity index (χ1v) is 8.68. The number of nitrogens with one attached hydrogen (secondary N) is 1. The molecule has 0 spiro atoms. The number of aromatic nitrogens is 2. The Morgan fingerprint density at radius 1 is 1.22 bits per heavy atom. The Hall–Kier alpha value is -1.68. The SMILES string of the molecule is Cc1cc(CNC[C@H](C)c2c(C)noc2C)c2c(n1)CCCC2. The van der Waals surface area contributed by atoms with E-state index in [0.29, 0.717) is 5.92 Å². The van der Waals surface area contributed by atoms with Crippen molar-refractivity contribution in [2.24, 2.45) is 0 Å². The predicted octanol–water partition coefficient (Wildman–Crippen LogP) is 3.77. The second-order valence-corrected chi connectivity index (χ2v) is 6.82. The summed E-state index contributed by atoms with van der Waals surface area (Å²) in [7, 11) is 0. The highest BCUT2D eigenvalue weighted by molar-refractivity contribution is 5.34. The van der Waals surface area contributed by atoms with Crippen LogP contribution in [0, 0.1) is 20.8 Å². The zero-order valence-corrected chi connectivity index (χ0v) is 14.7. The van der Waals surface area contributed by atoms with E-state index in [2.05, 4.69) is 30.4 Å². The van der Waals surface area contributed by atoms with E-state index in [9.17, 15) is 0 Å². The second kappa shape index (κ2) is 6.83. The molecule has 4 heteroatoms. The summed E-state index contributed by atoms with van der Waals surface area (Å²) in [4.78, 5) is 4.73.